The lowest BCUT2D eigenvalue weighted by atomic mass is 10.00. The summed E-state index contributed by atoms with van der Waals surface area (Å²) in [6.07, 6.45) is 5.18. The van der Waals surface area contributed by atoms with Gasteiger partial charge >= 0.3 is 0 Å². The molecule has 0 N–H and O–H groups in total. The number of hydrogen-bond donors (Lipinski definition) is 0. The number of piperidine rings is 1. The highest BCUT2D eigenvalue weighted by Crippen LogP contribution is 2.29. The molecule has 1 atom stereocenters. The Morgan fingerprint density at radius 2 is 1.50 bits per heavy atom. The third kappa shape index (κ3) is 3.80. The highest BCUT2D eigenvalue weighted by Gasteiger charge is 2.33. The molecule has 0 radical (unpaired) electrons. The highest BCUT2D eigenvalue weighted by atomic mass is 35.5. The molecule has 3 nitrogen and oxygen atoms in total. The summed E-state index contributed by atoms with van der Waals surface area (Å²) in [4.78, 5) is 8.02. The second-order valence-electron chi connectivity index (χ2n) is 8.62. The summed E-state index contributed by atoms with van der Waals surface area (Å²) in [6.45, 7) is 7.05. The van der Waals surface area contributed by atoms with Crippen LogP contribution in [0.5, 0.6) is 0 Å². The van der Waals surface area contributed by atoms with Crippen LogP contribution < -0.4 is 4.90 Å². The number of piperazine rings is 1. The van der Waals surface area contributed by atoms with E-state index in [2.05, 4.69) is 57.2 Å². The van der Waals surface area contributed by atoms with E-state index in [0.717, 1.165) is 37.2 Å². The van der Waals surface area contributed by atoms with Gasteiger partial charge in [-0.25, -0.2) is 0 Å². The molecule has 2 aliphatic heterocycles. The minimum atomic E-state index is 0.716. The topological polar surface area (TPSA) is 9.72 Å². The number of rotatable bonds is 3. The fourth-order valence-corrected chi connectivity index (χ4v) is 5.61. The molecule has 2 fully saturated rings. The molecular formula is C24H30ClN3. The second kappa shape index (κ2) is 8.06. The lowest BCUT2D eigenvalue weighted by Crippen LogP contribution is -2.56. The summed E-state index contributed by atoms with van der Waals surface area (Å²) in [5.74, 6) is 0. The third-order valence-corrected chi connectivity index (χ3v) is 7.21. The van der Waals surface area contributed by atoms with Crippen molar-refractivity contribution in [2.45, 2.75) is 37.8 Å². The monoisotopic (exact) mass is 395 g/mol. The van der Waals surface area contributed by atoms with Crippen LogP contribution in [0.1, 0.15) is 24.0 Å². The van der Waals surface area contributed by atoms with Crippen molar-refractivity contribution in [2.24, 2.45) is 0 Å². The Morgan fingerprint density at radius 1 is 0.750 bits per heavy atom. The van der Waals surface area contributed by atoms with Crippen molar-refractivity contribution in [3.63, 3.8) is 0 Å². The van der Waals surface area contributed by atoms with Crippen molar-refractivity contribution in [2.75, 3.05) is 44.2 Å². The van der Waals surface area contributed by atoms with Gasteiger partial charge < -0.3 is 4.90 Å². The zero-order valence-electron chi connectivity index (χ0n) is 16.6. The fourth-order valence-electron chi connectivity index (χ4n) is 5.42. The number of nitrogens with zero attached hydrogens (tertiary/aromatic N) is 3. The second-order valence-corrected chi connectivity index (χ2v) is 9.06. The maximum absolute atomic E-state index is 6.18. The van der Waals surface area contributed by atoms with Gasteiger partial charge in [-0.2, -0.15) is 0 Å². The molecule has 0 bridgehead atoms. The van der Waals surface area contributed by atoms with E-state index in [-0.39, 0.29) is 0 Å². The molecular weight excluding hydrogens is 366 g/mol. The zero-order valence-corrected chi connectivity index (χ0v) is 17.3. The van der Waals surface area contributed by atoms with E-state index >= 15 is 0 Å². The van der Waals surface area contributed by atoms with Crippen LogP contribution in [0.4, 0.5) is 5.69 Å². The molecule has 4 heteroatoms. The van der Waals surface area contributed by atoms with Crippen LogP contribution in [-0.2, 0) is 12.8 Å². The normalized spacial score (nSPS) is 24.5. The lowest BCUT2D eigenvalue weighted by molar-refractivity contribution is 0.0696. The van der Waals surface area contributed by atoms with Gasteiger partial charge in [0.15, 0.2) is 0 Å². The molecule has 0 aromatic heterocycles. The van der Waals surface area contributed by atoms with Crippen LogP contribution in [0.25, 0.3) is 0 Å². The molecule has 2 heterocycles. The molecule has 2 aromatic rings. The molecule has 0 saturated carbocycles. The minimum Gasteiger partial charge on any atom is -0.369 e. The van der Waals surface area contributed by atoms with Crippen LogP contribution in [0.2, 0.25) is 5.02 Å². The van der Waals surface area contributed by atoms with E-state index in [9.17, 15) is 0 Å². The van der Waals surface area contributed by atoms with Crippen molar-refractivity contribution >= 4 is 17.3 Å². The van der Waals surface area contributed by atoms with Crippen LogP contribution in [0, 0.1) is 0 Å². The summed E-state index contributed by atoms with van der Waals surface area (Å²) in [5, 5.41) is 0.834. The van der Waals surface area contributed by atoms with Gasteiger partial charge in [0.1, 0.15) is 0 Å². The van der Waals surface area contributed by atoms with Crippen LogP contribution in [-0.4, -0.2) is 61.2 Å². The first kappa shape index (κ1) is 18.5. The molecule has 28 heavy (non-hydrogen) atoms. The molecule has 2 saturated heterocycles. The molecule has 0 unspecified atom stereocenters. The van der Waals surface area contributed by atoms with Crippen LogP contribution >= 0.6 is 11.6 Å². The van der Waals surface area contributed by atoms with Crippen molar-refractivity contribution in [1.82, 2.24) is 9.80 Å². The summed E-state index contributed by atoms with van der Waals surface area (Å²) < 4.78 is 0. The predicted molar refractivity (Wildman–Crippen MR) is 117 cm³/mol. The first-order chi connectivity index (χ1) is 13.8. The summed E-state index contributed by atoms with van der Waals surface area (Å²) >= 11 is 6.18. The molecule has 1 aliphatic carbocycles. The molecule has 3 aliphatic rings. The zero-order chi connectivity index (χ0) is 18.9. The van der Waals surface area contributed by atoms with Crippen molar-refractivity contribution in [3.8, 4) is 0 Å². The quantitative estimate of drug-likeness (QED) is 0.774. The number of likely N-dealkylation sites (tertiary alicyclic amines) is 1. The van der Waals surface area contributed by atoms with Crippen molar-refractivity contribution < 1.29 is 0 Å². The van der Waals surface area contributed by atoms with E-state index < -0.39 is 0 Å². The fraction of sp³-hybridized carbons (Fsp3) is 0.500. The number of hydrogen-bond acceptors (Lipinski definition) is 3. The highest BCUT2D eigenvalue weighted by molar-refractivity contribution is 6.30. The standard InChI is InChI=1S/C24H30ClN3/c25-21-7-3-8-22(17-21)26-11-13-27(14-12-26)23-9-4-10-28(18-23)24-15-19-5-1-2-6-20(19)16-24/h1-3,5-8,17,23-24H,4,9-16,18H2/t23-/m1/s1. The number of anilines is 1. The smallest absolute Gasteiger partial charge is 0.0426 e. The SMILES string of the molecule is Clc1cccc(N2CCN([C@@H]3CCCN(C4Cc5ccccc5C4)C3)CC2)c1. The average molecular weight is 396 g/mol. The maximum atomic E-state index is 6.18. The summed E-state index contributed by atoms with van der Waals surface area (Å²) in [6, 6.07) is 18.8. The Bertz CT molecular complexity index is 790. The van der Waals surface area contributed by atoms with Crippen molar-refractivity contribution in [3.05, 3.63) is 64.7 Å². The van der Waals surface area contributed by atoms with E-state index in [4.69, 9.17) is 11.6 Å². The van der Waals surface area contributed by atoms with Gasteiger partial charge in [0.05, 0.1) is 0 Å². The third-order valence-electron chi connectivity index (χ3n) is 6.98. The Kier molecular flexibility index (Phi) is 5.32. The lowest BCUT2D eigenvalue weighted by Gasteiger charge is -2.45. The van der Waals surface area contributed by atoms with E-state index in [1.807, 2.05) is 6.07 Å². The van der Waals surface area contributed by atoms with Gasteiger partial charge in [-0.05, 0) is 61.6 Å². The van der Waals surface area contributed by atoms with Gasteiger partial charge in [-0.1, -0.05) is 41.9 Å². The van der Waals surface area contributed by atoms with Gasteiger partial charge in [0, 0.05) is 55.5 Å². The van der Waals surface area contributed by atoms with E-state index in [1.165, 1.54) is 44.5 Å². The number of fused-ring (bicyclic) bond motifs is 1. The largest absolute Gasteiger partial charge is 0.369 e. The molecule has 0 spiro atoms. The van der Waals surface area contributed by atoms with Gasteiger partial charge in [0.25, 0.3) is 0 Å². The number of benzene rings is 2. The Labute approximate surface area is 173 Å². The average Bonchev–Trinajstić information content (AvgIpc) is 3.18. The van der Waals surface area contributed by atoms with E-state index in [1.54, 1.807) is 11.1 Å². The molecule has 5 rings (SSSR count). The Balaban J connectivity index is 1.18. The first-order valence-corrected chi connectivity index (χ1v) is 11.2. The maximum Gasteiger partial charge on any atom is 0.0426 e. The van der Waals surface area contributed by atoms with Gasteiger partial charge in [-0.15, -0.1) is 0 Å². The van der Waals surface area contributed by atoms with Crippen LogP contribution in [0.15, 0.2) is 48.5 Å². The van der Waals surface area contributed by atoms with Crippen LogP contribution in [0.3, 0.4) is 0 Å². The van der Waals surface area contributed by atoms with Gasteiger partial charge in [-0.3, -0.25) is 9.80 Å². The predicted octanol–water partition coefficient (Wildman–Crippen LogP) is 4.09. The van der Waals surface area contributed by atoms with E-state index in [0.29, 0.717) is 6.04 Å². The summed E-state index contributed by atoms with van der Waals surface area (Å²) in [5.41, 5.74) is 4.41. The molecule has 148 valence electrons. The van der Waals surface area contributed by atoms with Gasteiger partial charge in [0.2, 0.25) is 0 Å². The minimum absolute atomic E-state index is 0.716. The Hall–Kier alpha value is -1.55. The first-order valence-electron chi connectivity index (χ1n) is 10.8. The molecule has 0 amide bonds. The Morgan fingerprint density at radius 3 is 2.21 bits per heavy atom. The number of halogens is 1. The van der Waals surface area contributed by atoms with Crippen molar-refractivity contribution in [1.29, 1.82) is 0 Å². The molecule has 2 aromatic carbocycles. The summed E-state index contributed by atoms with van der Waals surface area (Å²) in [7, 11) is 0.